The second kappa shape index (κ2) is 9.78. The maximum absolute atomic E-state index is 11.9. The van der Waals surface area contributed by atoms with E-state index in [1.165, 1.54) is 4.90 Å². The highest BCUT2D eigenvalue weighted by Crippen LogP contribution is 2.17. The number of carbonyl (C=O) groups is 2. The molecular weight excluding hydrogens is 320 g/mol. The zero-order valence-corrected chi connectivity index (χ0v) is 14.6. The largest absolute Gasteiger partial charge is 0.355 e. The van der Waals surface area contributed by atoms with Gasteiger partial charge in [-0.15, -0.1) is 11.8 Å². The van der Waals surface area contributed by atoms with Gasteiger partial charge in [-0.05, 0) is 43.4 Å². The molecule has 0 aliphatic rings. The van der Waals surface area contributed by atoms with Gasteiger partial charge in [-0.25, -0.2) is 0 Å². The first kappa shape index (κ1) is 18.1. The maximum Gasteiger partial charge on any atom is 0.251 e. The number of aryl methyl sites for hydroxylation is 1. The van der Waals surface area contributed by atoms with Crippen molar-refractivity contribution in [1.29, 1.82) is 0 Å². The SMILES string of the molecule is Cc1ccc(C(=O)NCC(=O)NCCCSc2ccccc2)cc1. The summed E-state index contributed by atoms with van der Waals surface area (Å²) in [5.41, 5.74) is 1.66. The predicted molar refractivity (Wildman–Crippen MR) is 98.3 cm³/mol. The van der Waals surface area contributed by atoms with Gasteiger partial charge in [0.05, 0.1) is 6.54 Å². The molecule has 0 aliphatic carbocycles. The molecule has 0 saturated heterocycles. The molecule has 4 nitrogen and oxygen atoms in total. The van der Waals surface area contributed by atoms with Gasteiger partial charge >= 0.3 is 0 Å². The number of benzene rings is 2. The molecule has 0 aromatic heterocycles. The van der Waals surface area contributed by atoms with Gasteiger partial charge in [0.15, 0.2) is 0 Å². The van der Waals surface area contributed by atoms with E-state index in [1.54, 1.807) is 23.9 Å². The van der Waals surface area contributed by atoms with Crippen LogP contribution in [0.3, 0.4) is 0 Å². The van der Waals surface area contributed by atoms with Crippen molar-refractivity contribution in [3.8, 4) is 0 Å². The topological polar surface area (TPSA) is 58.2 Å². The molecular formula is C19H22N2O2S. The average Bonchev–Trinajstić information content (AvgIpc) is 2.61. The number of hydrogen-bond donors (Lipinski definition) is 2. The van der Waals surface area contributed by atoms with Crippen LogP contribution in [0.5, 0.6) is 0 Å². The Balaban J connectivity index is 1.58. The number of thioether (sulfide) groups is 1. The van der Waals surface area contributed by atoms with Crippen molar-refractivity contribution in [3.63, 3.8) is 0 Å². The standard InChI is InChI=1S/C19H22N2O2S/c1-15-8-10-16(11-9-15)19(23)21-14-18(22)20-12-5-13-24-17-6-3-2-4-7-17/h2-4,6-11H,5,12-14H2,1H3,(H,20,22)(H,21,23). The zero-order valence-electron chi connectivity index (χ0n) is 13.7. The first-order valence-corrected chi connectivity index (χ1v) is 8.93. The van der Waals surface area contributed by atoms with Gasteiger partial charge in [-0.3, -0.25) is 9.59 Å². The lowest BCUT2D eigenvalue weighted by atomic mass is 10.1. The predicted octanol–water partition coefficient (Wildman–Crippen LogP) is 3.02. The average molecular weight is 342 g/mol. The summed E-state index contributed by atoms with van der Waals surface area (Å²) in [7, 11) is 0. The van der Waals surface area contributed by atoms with Gasteiger partial charge in [0.1, 0.15) is 0 Å². The Morgan fingerprint density at radius 1 is 0.958 bits per heavy atom. The molecule has 2 aromatic rings. The van der Waals surface area contributed by atoms with Gasteiger partial charge in [0.2, 0.25) is 5.91 Å². The molecule has 0 heterocycles. The van der Waals surface area contributed by atoms with Crippen LogP contribution in [0.2, 0.25) is 0 Å². The lowest BCUT2D eigenvalue weighted by molar-refractivity contribution is -0.120. The fourth-order valence-electron chi connectivity index (χ4n) is 2.04. The summed E-state index contributed by atoms with van der Waals surface area (Å²) in [5, 5.41) is 5.45. The van der Waals surface area contributed by atoms with Crippen molar-refractivity contribution in [2.24, 2.45) is 0 Å². The molecule has 2 rings (SSSR count). The van der Waals surface area contributed by atoms with Crippen LogP contribution in [0.4, 0.5) is 0 Å². The summed E-state index contributed by atoms with van der Waals surface area (Å²) in [6, 6.07) is 17.4. The zero-order chi connectivity index (χ0) is 17.2. The minimum atomic E-state index is -0.232. The van der Waals surface area contributed by atoms with Crippen molar-refractivity contribution in [2.75, 3.05) is 18.8 Å². The second-order valence-corrected chi connectivity index (χ2v) is 6.58. The summed E-state index contributed by atoms with van der Waals surface area (Å²) >= 11 is 1.77. The summed E-state index contributed by atoms with van der Waals surface area (Å²) in [5.74, 6) is 0.546. The van der Waals surface area contributed by atoms with E-state index in [0.717, 1.165) is 17.7 Å². The highest BCUT2D eigenvalue weighted by atomic mass is 32.2. The van der Waals surface area contributed by atoms with Crippen molar-refractivity contribution in [3.05, 3.63) is 65.7 Å². The van der Waals surface area contributed by atoms with Gasteiger partial charge in [0.25, 0.3) is 5.91 Å². The number of carbonyl (C=O) groups excluding carboxylic acids is 2. The molecule has 0 unspecified atom stereocenters. The molecule has 0 bridgehead atoms. The van der Waals surface area contributed by atoms with Gasteiger partial charge in [-0.2, -0.15) is 0 Å². The Labute approximate surface area is 147 Å². The summed E-state index contributed by atoms with van der Waals surface area (Å²) in [6.07, 6.45) is 0.886. The van der Waals surface area contributed by atoms with E-state index in [2.05, 4.69) is 22.8 Å². The molecule has 0 aliphatic heterocycles. The minimum absolute atomic E-state index is 0.00145. The lowest BCUT2D eigenvalue weighted by Crippen LogP contribution is -2.37. The van der Waals surface area contributed by atoms with Crippen LogP contribution in [0, 0.1) is 6.92 Å². The van der Waals surface area contributed by atoms with E-state index in [1.807, 2.05) is 37.3 Å². The second-order valence-electron chi connectivity index (χ2n) is 5.41. The van der Waals surface area contributed by atoms with Gasteiger partial charge in [-0.1, -0.05) is 35.9 Å². The monoisotopic (exact) mass is 342 g/mol. The fourth-order valence-corrected chi connectivity index (χ4v) is 2.91. The van der Waals surface area contributed by atoms with Gasteiger partial charge in [0, 0.05) is 17.0 Å². The normalized spacial score (nSPS) is 10.2. The molecule has 0 spiro atoms. The van der Waals surface area contributed by atoms with Gasteiger partial charge < -0.3 is 10.6 Å². The molecule has 2 aromatic carbocycles. The Kier molecular flexibility index (Phi) is 7.36. The molecule has 126 valence electrons. The first-order valence-electron chi connectivity index (χ1n) is 7.94. The third kappa shape index (κ3) is 6.46. The third-order valence-corrected chi connectivity index (χ3v) is 4.48. The Morgan fingerprint density at radius 2 is 1.67 bits per heavy atom. The van der Waals surface area contributed by atoms with E-state index >= 15 is 0 Å². The van der Waals surface area contributed by atoms with E-state index < -0.39 is 0 Å². The fraction of sp³-hybridized carbons (Fsp3) is 0.263. The van der Waals surface area contributed by atoms with E-state index in [0.29, 0.717) is 12.1 Å². The number of amides is 2. The third-order valence-electron chi connectivity index (χ3n) is 3.38. The molecule has 0 atom stereocenters. The number of hydrogen-bond acceptors (Lipinski definition) is 3. The molecule has 0 fully saturated rings. The minimum Gasteiger partial charge on any atom is -0.355 e. The first-order chi connectivity index (χ1) is 11.6. The lowest BCUT2D eigenvalue weighted by Gasteiger charge is -2.07. The quantitative estimate of drug-likeness (QED) is 0.573. The van der Waals surface area contributed by atoms with Crippen molar-refractivity contribution in [2.45, 2.75) is 18.2 Å². The molecule has 5 heteroatoms. The Bertz CT molecular complexity index is 657. The van der Waals surface area contributed by atoms with Crippen molar-refractivity contribution < 1.29 is 9.59 Å². The molecule has 24 heavy (non-hydrogen) atoms. The van der Waals surface area contributed by atoms with Crippen LogP contribution in [0.25, 0.3) is 0 Å². The van der Waals surface area contributed by atoms with Crippen LogP contribution in [-0.4, -0.2) is 30.7 Å². The van der Waals surface area contributed by atoms with Crippen molar-refractivity contribution in [1.82, 2.24) is 10.6 Å². The van der Waals surface area contributed by atoms with Crippen LogP contribution in [0.1, 0.15) is 22.3 Å². The number of nitrogens with one attached hydrogen (secondary N) is 2. The highest BCUT2D eigenvalue weighted by Gasteiger charge is 2.07. The summed E-state index contributed by atoms with van der Waals surface area (Å²) in [6.45, 7) is 2.57. The van der Waals surface area contributed by atoms with E-state index in [4.69, 9.17) is 0 Å². The molecule has 0 radical (unpaired) electrons. The Morgan fingerprint density at radius 3 is 2.38 bits per heavy atom. The van der Waals surface area contributed by atoms with Crippen LogP contribution in [0.15, 0.2) is 59.5 Å². The van der Waals surface area contributed by atoms with Crippen LogP contribution < -0.4 is 10.6 Å². The Hall–Kier alpha value is -2.27. The number of rotatable bonds is 8. The smallest absolute Gasteiger partial charge is 0.251 e. The summed E-state index contributed by atoms with van der Waals surface area (Å²) in [4.78, 5) is 24.9. The molecule has 2 N–H and O–H groups in total. The van der Waals surface area contributed by atoms with Crippen LogP contribution in [-0.2, 0) is 4.79 Å². The molecule has 2 amide bonds. The van der Waals surface area contributed by atoms with Crippen LogP contribution >= 0.6 is 11.8 Å². The van der Waals surface area contributed by atoms with E-state index in [9.17, 15) is 9.59 Å². The summed E-state index contributed by atoms with van der Waals surface area (Å²) < 4.78 is 0. The van der Waals surface area contributed by atoms with Crippen molar-refractivity contribution >= 4 is 23.6 Å². The maximum atomic E-state index is 11.9. The highest BCUT2D eigenvalue weighted by molar-refractivity contribution is 7.99. The van der Waals surface area contributed by atoms with E-state index in [-0.39, 0.29) is 18.4 Å². The molecule has 0 saturated carbocycles.